The van der Waals surface area contributed by atoms with E-state index in [0.29, 0.717) is 23.4 Å². The molecule has 0 bridgehead atoms. The van der Waals surface area contributed by atoms with Crippen LogP contribution in [0.2, 0.25) is 0 Å². The summed E-state index contributed by atoms with van der Waals surface area (Å²) in [6.07, 6.45) is 4.27. The first-order chi connectivity index (χ1) is 10.4. The van der Waals surface area contributed by atoms with Gasteiger partial charge in [-0.15, -0.1) is 0 Å². The molecule has 1 heterocycles. The van der Waals surface area contributed by atoms with E-state index in [1.165, 1.54) is 7.11 Å². The number of allylic oxidation sites excluding steroid dienone is 2. The van der Waals surface area contributed by atoms with Crippen molar-refractivity contribution >= 4 is 34.3 Å². The summed E-state index contributed by atoms with van der Waals surface area (Å²) < 4.78 is 4.63. The number of nitrogens with zero attached hydrogens (tertiary/aromatic N) is 1. The van der Waals surface area contributed by atoms with E-state index in [1.54, 1.807) is 19.1 Å². The number of amides is 1. The lowest BCUT2D eigenvalue weighted by molar-refractivity contribution is -0.146. The number of aromatic nitrogens is 1. The zero-order valence-corrected chi connectivity index (χ0v) is 13.0. The largest absolute Gasteiger partial charge is 0.481 e. The van der Waals surface area contributed by atoms with Crippen molar-refractivity contribution in [1.82, 2.24) is 4.98 Å². The van der Waals surface area contributed by atoms with Gasteiger partial charge in [-0.05, 0) is 19.8 Å². The number of carbonyl (C=O) groups is 3. The number of hydrogen-bond acceptors (Lipinski definition) is 6. The van der Waals surface area contributed by atoms with Crippen LogP contribution in [0.5, 0.6) is 0 Å². The number of carboxylic acid groups (broad SMARTS) is 1. The quantitative estimate of drug-likeness (QED) is 0.647. The molecule has 1 aliphatic carbocycles. The van der Waals surface area contributed by atoms with Crippen LogP contribution < -0.4 is 5.32 Å². The van der Waals surface area contributed by atoms with Crippen molar-refractivity contribution in [3.63, 3.8) is 0 Å². The van der Waals surface area contributed by atoms with E-state index in [1.807, 2.05) is 0 Å². The average molecular weight is 324 g/mol. The van der Waals surface area contributed by atoms with Crippen molar-refractivity contribution in [2.45, 2.75) is 19.8 Å². The van der Waals surface area contributed by atoms with Crippen molar-refractivity contribution in [2.24, 2.45) is 11.8 Å². The number of esters is 1. The van der Waals surface area contributed by atoms with Gasteiger partial charge in [-0.25, -0.2) is 9.78 Å². The monoisotopic (exact) mass is 324 g/mol. The summed E-state index contributed by atoms with van der Waals surface area (Å²) in [7, 11) is 1.27. The van der Waals surface area contributed by atoms with E-state index >= 15 is 0 Å². The van der Waals surface area contributed by atoms with E-state index in [0.717, 1.165) is 11.3 Å². The fourth-order valence-electron chi connectivity index (χ4n) is 2.31. The molecule has 0 spiro atoms. The Morgan fingerprint density at radius 3 is 2.55 bits per heavy atom. The second kappa shape index (κ2) is 6.69. The average Bonchev–Trinajstić information content (AvgIpc) is 2.86. The van der Waals surface area contributed by atoms with Gasteiger partial charge >= 0.3 is 11.9 Å². The standard InChI is InChI=1S/C14H16N2O5S/c1-7-10(13(20)21-2)22-14(15-7)16-11(17)8-5-3-4-6-9(8)12(18)19/h3-4,8-9H,5-6H2,1-2H3,(H,18,19)(H,15,16,17)/t8-,9-/m0/s1. The fraction of sp³-hybridized carbons (Fsp3) is 0.429. The molecule has 1 amide bonds. The number of aliphatic carboxylic acids is 1. The second-order valence-electron chi connectivity index (χ2n) is 4.91. The molecule has 0 aliphatic heterocycles. The number of hydrogen-bond donors (Lipinski definition) is 2. The molecule has 1 aromatic heterocycles. The van der Waals surface area contributed by atoms with Gasteiger partial charge < -0.3 is 15.2 Å². The molecule has 0 saturated heterocycles. The van der Waals surface area contributed by atoms with Gasteiger partial charge in [0.2, 0.25) is 5.91 Å². The van der Waals surface area contributed by atoms with E-state index in [-0.39, 0.29) is 5.13 Å². The van der Waals surface area contributed by atoms with Gasteiger partial charge in [0.25, 0.3) is 0 Å². The number of carbonyl (C=O) groups excluding carboxylic acids is 2. The van der Waals surface area contributed by atoms with Gasteiger partial charge in [0, 0.05) is 0 Å². The highest BCUT2D eigenvalue weighted by atomic mass is 32.1. The van der Waals surface area contributed by atoms with Gasteiger partial charge in [-0.1, -0.05) is 23.5 Å². The van der Waals surface area contributed by atoms with Crippen molar-refractivity contribution in [3.8, 4) is 0 Å². The molecule has 0 aromatic carbocycles. The minimum absolute atomic E-state index is 0.265. The van der Waals surface area contributed by atoms with Crippen LogP contribution >= 0.6 is 11.3 Å². The number of anilines is 1. The summed E-state index contributed by atoms with van der Waals surface area (Å²) in [5.74, 6) is -3.30. The van der Waals surface area contributed by atoms with Crippen molar-refractivity contribution in [3.05, 3.63) is 22.7 Å². The third kappa shape index (κ3) is 3.33. The Balaban J connectivity index is 2.13. The minimum atomic E-state index is -0.991. The van der Waals surface area contributed by atoms with Crippen LogP contribution in [0.3, 0.4) is 0 Å². The maximum Gasteiger partial charge on any atom is 0.350 e. The third-order valence-electron chi connectivity index (χ3n) is 3.48. The molecule has 0 radical (unpaired) electrons. The molecule has 0 unspecified atom stereocenters. The van der Waals surface area contributed by atoms with Gasteiger partial charge in [-0.2, -0.15) is 0 Å². The molecule has 2 atom stereocenters. The highest BCUT2D eigenvalue weighted by Crippen LogP contribution is 2.29. The molecular formula is C14H16N2O5S. The molecule has 2 N–H and O–H groups in total. The molecule has 2 rings (SSSR count). The Kier molecular flexibility index (Phi) is 4.92. The van der Waals surface area contributed by atoms with Crippen LogP contribution in [0.4, 0.5) is 5.13 Å². The van der Waals surface area contributed by atoms with Gasteiger partial charge in [0.1, 0.15) is 4.88 Å². The Bertz CT molecular complexity index is 637. The van der Waals surface area contributed by atoms with E-state index < -0.39 is 29.7 Å². The van der Waals surface area contributed by atoms with Gasteiger partial charge in [0.05, 0.1) is 24.6 Å². The molecule has 7 nitrogen and oxygen atoms in total. The molecule has 8 heteroatoms. The number of carboxylic acids is 1. The van der Waals surface area contributed by atoms with E-state index in [9.17, 15) is 19.5 Å². The van der Waals surface area contributed by atoms with Crippen LogP contribution in [0.15, 0.2) is 12.2 Å². The summed E-state index contributed by atoms with van der Waals surface area (Å²) in [6.45, 7) is 1.64. The maximum atomic E-state index is 12.3. The number of aryl methyl sites for hydroxylation is 1. The van der Waals surface area contributed by atoms with Crippen LogP contribution in [0.25, 0.3) is 0 Å². The zero-order valence-electron chi connectivity index (χ0n) is 12.2. The fourth-order valence-corrected chi connectivity index (χ4v) is 3.19. The highest BCUT2D eigenvalue weighted by molar-refractivity contribution is 7.17. The van der Waals surface area contributed by atoms with Gasteiger partial charge in [0.15, 0.2) is 5.13 Å². The highest BCUT2D eigenvalue weighted by Gasteiger charge is 2.34. The first-order valence-corrected chi connectivity index (χ1v) is 7.50. The normalized spacial score (nSPS) is 20.5. The predicted molar refractivity (Wildman–Crippen MR) is 79.8 cm³/mol. The van der Waals surface area contributed by atoms with Gasteiger partial charge in [-0.3, -0.25) is 9.59 Å². The lowest BCUT2D eigenvalue weighted by atomic mass is 9.82. The summed E-state index contributed by atoms with van der Waals surface area (Å²) in [4.78, 5) is 39.5. The maximum absolute atomic E-state index is 12.3. The Morgan fingerprint density at radius 1 is 1.32 bits per heavy atom. The third-order valence-corrected chi connectivity index (χ3v) is 4.54. The molecular weight excluding hydrogens is 308 g/mol. The van der Waals surface area contributed by atoms with Crippen molar-refractivity contribution in [2.75, 3.05) is 12.4 Å². The Hall–Kier alpha value is -2.22. The molecule has 1 aliphatic rings. The smallest absolute Gasteiger partial charge is 0.350 e. The number of thiazole rings is 1. The Morgan fingerprint density at radius 2 is 1.95 bits per heavy atom. The molecule has 0 fully saturated rings. The molecule has 0 saturated carbocycles. The first kappa shape index (κ1) is 16.2. The first-order valence-electron chi connectivity index (χ1n) is 6.68. The number of methoxy groups -OCH3 is 1. The van der Waals surface area contributed by atoms with E-state index in [2.05, 4.69) is 15.0 Å². The summed E-state index contributed by atoms with van der Waals surface area (Å²) in [5, 5.41) is 12.1. The summed E-state index contributed by atoms with van der Waals surface area (Å²) >= 11 is 1.01. The van der Waals surface area contributed by atoms with Crippen LogP contribution in [-0.2, 0) is 14.3 Å². The minimum Gasteiger partial charge on any atom is -0.481 e. The topological polar surface area (TPSA) is 106 Å². The number of nitrogens with one attached hydrogen (secondary N) is 1. The van der Waals surface area contributed by atoms with Crippen molar-refractivity contribution in [1.29, 1.82) is 0 Å². The van der Waals surface area contributed by atoms with Crippen LogP contribution in [0, 0.1) is 18.8 Å². The zero-order chi connectivity index (χ0) is 16.3. The van der Waals surface area contributed by atoms with Crippen LogP contribution in [-0.4, -0.2) is 35.0 Å². The second-order valence-corrected chi connectivity index (χ2v) is 5.91. The summed E-state index contributed by atoms with van der Waals surface area (Å²) in [5.41, 5.74) is 0.463. The van der Waals surface area contributed by atoms with Crippen LogP contribution in [0.1, 0.15) is 28.2 Å². The number of rotatable bonds is 4. The molecule has 1 aromatic rings. The lowest BCUT2D eigenvalue weighted by Gasteiger charge is -2.23. The SMILES string of the molecule is COC(=O)c1sc(NC(=O)[C@H]2CC=CC[C@@H]2C(=O)O)nc1C. The van der Waals surface area contributed by atoms with Crippen molar-refractivity contribution < 1.29 is 24.2 Å². The van der Waals surface area contributed by atoms with E-state index in [4.69, 9.17) is 0 Å². The molecule has 22 heavy (non-hydrogen) atoms. The lowest BCUT2D eigenvalue weighted by Crippen LogP contribution is -2.34. The number of ether oxygens (including phenoxy) is 1. The predicted octanol–water partition coefficient (Wildman–Crippen LogP) is 1.84. The Labute approximate surface area is 131 Å². The summed E-state index contributed by atoms with van der Waals surface area (Å²) in [6, 6.07) is 0. The molecule has 118 valence electrons.